The van der Waals surface area contributed by atoms with Crippen molar-refractivity contribution in [3.05, 3.63) is 0 Å². The molecule has 0 bridgehead atoms. The molecule has 6 heteroatoms. The Morgan fingerprint density at radius 1 is 2.00 bits per heavy atom. The number of halogens is 3. The van der Waals surface area contributed by atoms with E-state index in [1.54, 1.807) is 0 Å². The van der Waals surface area contributed by atoms with Gasteiger partial charge in [0, 0.05) is 0 Å². The van der Waals surface area contributed by atoms with Crippen molar-refractivity contribution >= 4 is 28.1 Å². The van der Waals surface area contributed by atoms with Gasteiger partial charge in [-0.15, -0.1) is 0 Å². The molecule has 0 aromatic heterocycles. The number of rotatable bonds is 1. The molecule has 0 aliphatic rings. The topological polar surface area (TPSA) is 37.3 Å². The molecule has 0 amide bonds. The predicted molar refractivity (Wildman–Crippen MR) is 24.6 cm³/mol. The predicted octanol–water partition coefficient (Wildman–Crippen LogP) is -1.28. The summed E-state index contributed by atoms with van der Waals surface area (Å²) in [6, 6.07) is 0. The fourth-order valence-electron chi connectivity index (χ4n) is 0. The van der Waals surface area contributed by atoms with Crippen LogP contribution in [0, 0.1) is 0 Å². The van der Waals surface area contributed by atoms with E-state index in [1.165, 1.54) is 0 Å². The van der Waals surface area contributed by atoms with Crippen LogP contribution in [-0.2, 0) is 4.57 Å². The average molecular weight is 306 g/mol. The molecule has 0 aliphatic heterocycles. The van der Waals surface area contributed by atoms with Crippen molar-refractivity contribution in [3.63, 3.8) is 0 Å². The van der Waals surface area contributed by atoms with Crippen molar-refractivity contribution in [1.82, 2.24) is 0 Å². The van der Waals surface area contributed by atoms with Crippen LogP contribution in [0.3, 0.4) is 0 Å². The summed E-state index contributed by atoms with van der Waals surface area (Å²) in [5, 5.41) is 0. The third kappa shape index (κ3) is 5.69. The summed E-state index contributed by atoms with van der Waals surface area (Å²) in [4.78, 5) is 8.22. The molecule has 0 aromatic rings. The molecule has 0 aromatic carbocycles. The van der Waals surface area contributed by atoms with Crippen LogP contribution in [0.4, 0.5) is 0 Å². The monoisotopic (exact) mass is 305 g/mol. The summed E-state index contributed by atoms with van der Waals surface area (Å²) in [7, 11) is 5.03. The molecule has 2 nitrogen and oxygen atoms in total. The molecule has 0 rings (SSSR count). The van der Waals surface area contributed by atoms with Crippen molar-refractivity contribution in [2.45, 2.75) is 0 Å². The first-order valence-corrected chi connectivity index (χ1v) is 10.1. The van der Waals surface area contributed by atoms with Crippen LogP contribution in [0.2, 0.25) is 0 Å². The summed E-state index contributed by atoms with van der Waals surface area (Å²) in [6.45, 7) is 0. The van der Waals surface area contributed by atoms with Gasteiger partial charge < -0.3 is 0 Å². The Morgan fingerprint density at radius 2 is 2.17 bits per heavy atom. The van der Waals surface area contributed by atoms with Crippen LogP contribution in [0.15, 0.2) is 0 Å². The normalized spacial score (nSPS) is 20.5. The van der Waals surface area contributed by atoms with Crippen LogP contribution >= 0.6 is 28.1 Å². The van der Waals surface area contributed by atoms with Crippen LogP contribution < -0.4 is 19.5 Å². The van der Waals surface area contributed by atoms with Gasteiger partial charge in [0.15, 0.2) is 0 Å². The van der Waals surface area contributed by atoms with Crippen molar-refractivity contribution in [2.75, 3.05) is 0 Å². The second kappa shape index (κ2) is 2.87. The van der Waals surface area contributed by atoms with Crippen molar-refractivity contribution < 1.29 is 29.0 Å². The van der Waals surface area contributed by atoms with Crippen molar-refractivity contribution in [1.29, 1.82) is 0 Å². The van der Waals surface area contributed by atoms with Gasteiger partial charge in [-0.25, -0.2) is 0 Å². The Labute approximate surface area is 56.8 Å². The van der Waals surface area contributed by atoms with Crippen LogP contribution in [-0.4, -0.2) is 4.89 Å². The Kier molecular flexibility index (Phi) is 3.68. The number of hydrogen-bond acceptors (Lipinski definition) is 1. The molecule has 6 heavy (non-hydrogen) atoms. The van der Waals surface area contributed by atoms with Crippen molar-refractivity contribution in [2.24, 2.45) is 0 Å². The molecule has 0 fully saturated rings. The van der Waals surface area contributed by atoms with Gasteiger partial charge in [0.1, 0.15) is 0 Å². The third-order valence-electron chi connectivity index (χ3n) is 0.0788. The molecule has 1 atom stereocenters. The molecule has 0 saturated carbocycles. The van der Waals surface area contributed by atoms with E-state index in [0.29, 0.717) is 0 Å². The Hall–Kier alpha value is 1.69. The van der Waals surface area contributed by atoms with E-state index in [-0.39, 0.29) is 0 Å². The summed E-state index contributed by atoms with van der Waals surface area (Å²) < 4.78 is 7.01. The molecular weight excluding hydrogens is 305 g/mol. The molecule has 0 saturated heterocycles. The van der Waals surface area contributed by atoms with E-state index >= 15 is 0 Å². The Balaban J connectivity index is 3.48. The van der Waals surface area contributed by atoms with Gasteiger partial charge in [-0.05, 0) is 0 Å². The van der Waals surface area contributed by atoms with E-state index in [0.717, 1.165) is 0 Å². The quantitative estimate of drug-likeness (QED) is 0.484. The first-order chi connectivity index (χ1) is 2.56. The standard InChI is InChI=1S/BrClHIO2P/c1-6(4,5)3-2/h(H,4,5)/q-1. The molecule has 1 unspecified atom stereocenters. The van der Waals surface area contributed by atoms with Gasteiger partial charge in [0.25, 0.3) is 0 Å². The zero-order chi connectivity index (χ0) is 5.21. The molecule has 40 valence electrons. The first kappa shape index (κ1) is 7.69. The van der Waals surface area contributed by atoms with Crippen LogP contribution in [0.1, 0.15) is 0 Å². The van der Waals surface area contributed by atoms with Crippen LogP contribution in [0.25, 0.3) is 0 Å². The van der Waals surface area contributed by atoms with E-state index in [1.807, 2.05) is 0 Å². The zero-order valence-electron chi connectivity index (χ0n) is 2.44. The van der Waals surface area contributed by atoms with E-state index < -0.39 is 23.2 Å². The zero-order valence-corrected chi connectivity index (χ0v) is 7.83. The third-order valence-corrected chi connectivity index (χ3v) is 10.9. The van der Waals surface area contributed by atoms with E-state index in [9.17, 15) is 4.57 Å². The average Bonchev–Trinajstić information content (AvgIpc) is 1.35. The molecule has 0 spiro atoms. The molecule has 1 N–H and O–H groups in total. The van der Waals surface area contributed by atoms with Gasteiger partial charge in [0.05, 0.1) is 0 Å². The summed E-state index contributed by atoms with van der Waals surface area (Å²) in [6.07, 6.45) is 0. The van der Waals surface area contributed by atoms with Gasteiger partial charge in [0.2, 0.25) is 0 Å². The van der Waals surface area contributed by atoms with Gasteiger partial charge >= 0.3 is 57.1 Å². The maximum absolute atomic E-state index is 9.97. The molecule has 0 aliphatic carbocycles. The molecule has 0 radical (unpaired) electrons. The fraction of sp³-hybridized carbons (Fsp3) is 0. The van der Waals surface area contributed by atoms with E-state index in [2.05, 4.69) is 15.5 Å². The Bertz CT molecular complexity index is 77.6. The number of hydrogen-bond donors (Lipinski definition) is 1. The molecular formula is HBrClIO2P-. The van der Waals surface area contributed by atoms with Crippen LogP contribution in [0.5, 0.6) is 0 Å². The summed E-state index contributed by atoms with van der Waals surface area (Å²) >= 11 is 1.47. The summed E-state index contributed by atoms with van der Waals surface area (Å²) in [5.41, 5.74) is 0. The maximum atomic E-state index is 9.97. The Morgan fingerprint density at radius 3 is 2.17 bits per heavy atom. The summed E-state index contributed by atoms with van der Waals surface area (Å²) in [5.74, 6) is 0. The minimum atomic E-state index is -2.96. The van der Waals surface area contributed by atoms with E-state index in [4.69, 9.17) is 13.8 Å². The van der Waals surface area contributed by atoms with Crippen molar-refractivity contribution in [3.8, 4) is 0 Å². The second-order valence-corrected chi connectivity index (χ2v) is 15.9. The second-order valence-electron chi connectivity index (χ2n) is 0.499. The van der Waals surface area contributed by atoms with Gasteiger partial charge in [-0.3, -0.25) is 0 Å². The fourth-order valence-corrected chi connectivity index (χ4v) is 0. The van der Waals surface area contributed by atoms with Gasteiger partial charge in [-0.2, -0.15) is 0 Å². The first-order valence-electron chi connectivity index (χ1n) is 0.863. The molecule has 0 heterocycles. The minimum absolute atomic E-state index is 1.04. The van der Waals surface area contributed by atoms with Gasteiger partial charge in [-0.1, -0.05) is 0 Å². The SMILES string of the molecule is O=P(O)(Br)[I-]Cl.